The van der Waals surface area contributed by atoms with Gasteiger partial charge in [0.1, 0.15) is 17.1 Å². The van der Waals surface area contributed by atoms with Gasteiger partial charge in [0.05, 0.1) is 11.7 Å². The molecule has 0 spiro atoms. The number of ether oxygens (including phenoxy) is 2. The van der Waals surface area contributed by atoms with Crippen LogP contribution in [0.4, 0.5) is 4.39 Å². The normalized spacial score (nSPS) is 49.4. The molecule has 1 aromatic carbocycles. The molecule has 4 aliphatic carbocycles. The minimum Gasteiger partial charge on any atom is -0.451 e. The van der Waals surface area contributed by atoms with E-state index in [1.54, 1.807) is 19.9 Å². The number of hydrogen-bond acceptors (Lipinski definition) is 5. The van der Waals surface area contributed by atoms with Gasteiger partial charge in [-0.05, 0) is 60.5 Å². The maximum atomic E-state index is 14.3. The Balaban J connectivity index is 1.18. The van der Waals surface area contributed by atoms with Crippen LogP contribution in [-0.4, -0.2) is 30.6 Å². The van der Waals surface area contributed by atoms with Crippen LogP contribution in [0.3, 0.4) is 0 Å². The number of fused-ring (bicyclic) bond motifs is 5. The zero-order chi connectivity index (χ0) is 20.1. The van der Waals surface area contributed by atoms with E-state index in [2.05, 4.69) is 13.8 Å². The van der Waals surface area contributed by atoms with Gasteiger partial charge >= 0.3 is 13.1 Å². The lowest BCUT2D eigenvalue weighted by Gasteiger charge is -2.44. The van der Waals surface area contributed by atoms with Gasteiger partial charge in [-0.2, -0.15) is 0 Å². The molecule has 4 saturated carbocycles. The largest absolute Gasteiger partial charge is 0.461 e. The van der Waals surface area contributed by atoms with Crippen LogP contribution in [0.1, 0.15) is 62.4 Å². The van der Waals surface area contributed by atoms with Crippen molar-refractivity contribution in [2.45, 2.75) is 69.8 Å². The van der Waals surface area contributed by atoms with Gasteiger partial charge in [0, 0.05) is 19.7 Å². The Morgan fingerprint density at radius 2 is 1.93 bits per heavy atom. The number of halogens is 1. The molecule has 5 fully saturated rings. The number of esters is 1. The molecule has 7 heteroatoms. The Bertz CT molecular complexity index is 996. The molecule has 0 radical (unpaired) electrons. The molecule has 5 unspecified atom stereocenters. The molecule has 29 heavy (non-hydrogen) atoms. The highest BCUT2D eigenvalue weighted by molar-refractivity contribution is 6.49. The lowest BCUT2D eigenvalue weighted by atomic mass is 9.65. The first-order valence-corrected chi connectivity index (χ1v) is 10.7. The van der Waals surface area contributed by atoms with Crippen molar-refractivity contribution in [2.75, 3.05) is 0 Å². The highest BCUT2D eigenvalue weighted by atomic mass is 19.1. The monoisotopic (exact) mass is 398 g/mol. The van der Waals surface area contributed by atoms with E-state index in [9.17, 15) is 9.18 Å². The maximum Gasteiger partial charge on any atom is 0.461 e. The minimum absolute atomic E-state index is 0.0980. The fourth-order valence-electron chi connectivity index (χ4n) is 7.40. The maximum absolute atomic E-state index is 14.3. The van der Waals surface area contributed by atoms with Crippen molar-refractivity contribution >= 4 is 13.1 Å². The van der Waals surface area contributed by atoms with Crippen LogP contribution in [0, 0.1) is 29.0 Å². The van der Waals surface area contributed by atoms with Gasteiger partial charge in [0.15, 0.2) is 0 Å². The van der Waals surface area contributed by atoms with Gasteiger partial charge in [-0.15, -0.1) is 0 Å². The third kappa shape index (κ3) is 1.84. The molecule has 0 N–H and O–H groups in total. The Morgan fingerprint density at radius 1 is 1.14 bits per heavy atom. The van der Waals surface area contributed by atoms with Crippen LogP contribution in [0.15, 0.2) is 12.1 Å². The molecule has 7 rings (SSSR count). The van der Waals surface area contributed by atoms with E-state index in [1.807, 2.05) is 0 Å². The van der Waals surface area contributed by atoms with Crippen LogP contribution < -0.4 is 4.74 Å². The van der Waals surface area contributed by atoms with Crippen molar-refractivity contribution in [1.29, 1.82) is 0 Å². The third-order valence-corrected chi connectivity index (χ3v) is 8.93. The summed E-state index contributed by atoms with van der Waals surface area (Å²) in [5.41, 5.74) is 1.03. The van der Waals surface area contributed by atoms with Gasteiger partial charge < -0.3 is 18.8 Å². The summed E-state index contributed by atoms with van der Waals surface area (Å²) in [6, 6.07) is 3.07. The van der Waals surface area contributed by atoms with E-state index in [0.717, 1.165) is 17.9 Å². The fraction of sp³-hybridized carbons (Fsp3) is 0.682. The average Bonchev–Trinajstić information content (AvgIpc) is 3.41. The zero-order valence-electron chi connectivity index (χ0n) is 17.0. The van der Waals surface area contributed by atoms with Crippen molar-refractivity contribution in [3.63, 3.8) is 0 Å². The zero-order valence-corrected chi connectivity index (χ0v) is 17.0. The molecule has 1 saturated heterocycles. The van der Waals surface area contributed by atoms with E-state index < -0.39 is 17.6 Å². The topological polar surface area (TPSA) is 54.0 Å². The molecule has 152 valence electrons. The van der Waals surface area contributed by atoms with Crippen LogP contribution in [0.5, 0.6) is 5.75 Å². The molecular weight excluding hydrogens is 374 g/mol. The van der Waals surface area contributed by atoms with Crippen molar-refractivity contribution in [3.8, 4) is 5.75 Å². The van der Waals surface area contributed by atoms with Gasteiger partial charge in [0.2, 0.25) is 5.79 Å². The second kappa shape index (κ2) is 4.67. The van der Waals surface area contributed by atoms with Crippen LogP contribution in [0.25, 0.3) is 0 Å². The Labute approximate surface area is 169 Å². The highest BCUT2D eigenvalue weighted by Gasteiger charge is 2.88. The Morgan fingerprint density at radius 3 is 2.69 bits per heavy atom. The molecule has 0 amide bonds. The predicted molar refractivity (Wildman–Crippen MR) is 101 cm³/mol. The number of rotatable bonds is 2. The Kier molecular flexibility index (Phi) is 2.76. The Hall–Kier alpha value is -1.60. The standard InChI is InChI=1S/C22H24BFO5/c1-20(2)26-17-9(5-6-13(24)15(17)19(25)27-20)10-7-12(10)23-28-18-16-11-8-14(21(11,16)3)22(18,4)29-23/h5-6,10-12,14,16,18H,7-8H2,1-4H3/t10-,11?,12-,14?,16?,18?,21?,22+/m1/s1. The van der Waals surface area contributed by atoms with Gasteiger partial charge in [0.25, 0.3) is 0 Å². The van der Waals surface area contributed by atoms with E-state index in [-0.39, 0.29) is 36.1 Å². The molecule has 0 aromatic heterocycles. The SMILES string of the molecule is CC1(C)OC(=O)c2c(F)ccc([C@H]3C[C@H]3B3OC4C5C6CC(C65C)[C@]4(C)O3)c2O1. The fourth-order valence-corrected chi connectivity index (χ4v) is 7.40. The molecule has 2 aliphatic heterocycles. The lowest BCUT2D eigenvalue weighted by molar-refractivity contribution is -0.128. The summed E-state index contributed by atoms with van der Waals surface area (Å²) in [6.45, 7) is 7.95. The highest BCUT2D eigenvalue weighted by Crippen LogP contribution is 2.86. The first-order valence-electron chi connectivity index (χ1n) is 10.7. The van der Waals surface area contributed by atoms with Crippen molar-refractivity contribution < 1.29 is 28.0 Å². The number of hydrogen-bond donors (Lipinski definition) is 0. The van der Waals surface area contributed by atoms with Crippen LogP contribution >= 0.6 is 0 Å². The molecule has 0 bridgehead atoms. The quantitative estimate of drug-likeness (QED) is 0.559. The number of carbonyl (C=O) groups excluding carboxylic acids is 1. The summed E-state index contributed by atoms with van der Waals surface area (Å²) in [6.07, 6.45) is 2.37. The van der Waals surface area contributed by atoms with Crippen molar-refractivity contribution in [2.24, 2.45) is 23.2 Å². The minimum atomic E-state index is -1.11. The summed E-state index contributed by atoms with van der Waals surface area (Å²) < 4.78 is 38.5. The van der Waals surface area contributed by atoms with Gasteiger partial charge in [-0.1, -0.05) is 13.0 Å². The first kappa shape index (κ1) is 17.1. The van der Waals surface area contributed by atoms with Gasteiger partial charge in [-0.3, -0.25) is 0 Å². The number of cyclic esters (lactones) is 1. The van der Waals surface area contributed by atoms with Crippen molar-refractivity contribution in [3.05, 3.63) is 29.1 Å². The molecular formula is C22H24BFO5. The number of benzene rings is 1. The molecule has 6 aliphatic rings. The smallest absolute Gasteiger partial charge is 0.451 e. The summed E-state index contributed by atoms with van der Waals surface area (Å²) in [5.74, 6) is 0.360. The predicted octanol–water partition coefficient (Wildman–Crippen LogP) is 3.92. The second-order valence-electron chi connectivity index (χ2n) is 10.8. The van der Waals surface area contributed by atoms with Crippen molar-refractivity contribution in [1.82, 2.24) is 0 Å². The van der Waals surface area contributed by atoms with E-state index in [0.29, 0.717) is 23.0 Å². The number of carbonyl (C=O) groups is 1. The molecule has 8 atom stereocenters. The summed E-state index contributed by atoms with van der Waals surface area (Å²) in [5, 5.41) is 0. The third-order valence-electron chi connectivity index (χ3n) is 8.93. The van der Waals surface area contributed by atoms with E-state index in [1.165, 1.54) is 12.5 Å². The first-order chi connectivity index (χ1) is 13.6. The molecule has 2 heterocycles. The average molecular weight is 398 g/mol. The molecule has 1 aromatic rings. The van der Waals surface area contributed by atoms with Gasteiger partial charge in [-0.25, -0.2) is 9.18 Å². The lowest BCUT2D eigenvalue weighted by Crippen LogP contribution is -2.49. The van der Waals surface area contributed by atoms with Crippen LogP contribution in [-0.2, 0) is 14.0 Å². The summed E-state index contributed by atoms with van der Waals surface area (Å²) >= 11 is 0. The summed E-state index contributed by atoms with van der Waals surface area (Å²) in [4.78, 5) is 12.3. The molecule has 5 nitrogen and oxygen atoms in total. The van der Waals surface area contributed by atoms with E-state index >= 15 is 0 Å². The summed E-state index contributed by atoms with van der Waals surface area (Å²) in [7, 11) is -0.231. The van der Waals surface area contributed by atoms with Crippen LogP contribution in [0.2, 0.25) is 5.82 Å². The van der Waals surface area contributed by atoms with E-state index in [4.69, 9.17) is 18.8 Å². The second-order valence-corrected chi connectivity index (χ2v) is 10.8.